The lowest BCUT2D eigenvalue weighted by Crippen LogP contribution is -2.40. The fourth-order valence-corrected chi connectivity index (χ4v) is 3.55. The van der Waals surface area contributed by atoms with Gasteiger partial charge in [-0.3, -0.25) is 20.0 Å². The Hall–Kier alpha value is -2.96. The zero-order valence-corrected chi connectivity index (χ0v) is 14.8. The minimum absolute atomic E-state index is 0.0127. The first-order valence-electron chi connectivity index (χ1n) is 8.94. The number of aryl methyl sites for hydroxylation is 1. The number of H-pyrrole nitrogens is 2. The van der Waals surface area contributed by atoms with Crippen LogP contribution in [0.2, 0.25) is 0 Å². The number of hydrogen-bond donors (Lipinski definition) is 2. The molecule has 1 saturated heterocycles. The van der Waals surface area contributed by atoms with E-state index in [4.69, 9.17) is 0 Å². The lowest BCUT2D eigenvalue weighted by Gasteiger charge is -2.32. The van der Waals surface area contributed by atoms with Gasteiger partial charge in [-0.25, -0.2) is 0 Å². The number of amides is 1. The van der Waals surface area contributed by atoms with Crippen LogP contribution in [-0.2, 0) is 6.42 Å². The van der Waals surface area contributed by atoms with Crippen molar-refractivity contribution in [1.29, 1.82) is 0 Å². The highest BCUT2D eigenvalue weighted by Crippen LogP contribution is 2.23. The standard InChI is InChI=1S/C19H22N6O/c1-13-10-21-22-16(13)8-14-4-3-7-25(12-14)19(26)18-9-17(23-24-18)15-5-2-6-20-11-15/h2,5-6,9-11,14H,3-4,7-8,12H2,1H3,(H,21,22)(H,23,24). The monoisotopic (exact) mass is 350 g/mol. The normalized spacial score (nSPS) is 17.4. The number of nitrogens with zero attached hydrogens (tertiary/aromatic N) is 4. The first-order valence-corrected chi connectivity index (χ1v) is 8.94. The smallest absolute Gasteiger partial charge is 0.271 e. The Morgan fingerprint density at radius 2 is 2.27 bits per heavy atom. The molecule has 1 amide bonds. The molecule has 2 N–H and O–H groups in total. The predicted molar refractivity (Wildman–Crippen MR) is 97.5 cm³/mol. The second-order valence-corrected chi connectivity index (χ2v) is 6.90. The highest BCUT2D eigenvalue weighted by atomic mass is 16.2. The second kappa shape index (κ2) is 7.11. The first kappa shape index (κ1) is 16.5. The molecule has 0 bridgehead atoms. The Kier molecular flexibility index (Phi) is 4.51. The molecule has 3 aromatic rings. The van der Waals surface area contributed by atoms with Gasteiger partial charge in [0.25, 0.3) is 5.91 Å². The Balaban J connectivity index is 1.44. The fraction of sp³-hybridized carbons (Fsp3) is 0.368. The van der Waals surface area contributed by atoms with Gasteiger partial charge in [0.05, 0.1) is 11.9 Å². The van der Waals surface area contributed by atoms with E-state index < -0.39 is 0 Å². The summed E-state index contributed by atoms with van der Waals surface area (Å²) in [6.07, 6.45) is 8.40. The van der Waals surface area contributed by atoms with Crippen molar-refractivity contribution in [2.24, 2.45) is 5.92 Å². The molecular weight excluding hydrogens is 328 g/mol. The SMILES string of the molecule is Cc1cn[nH]c1CC1CCCN(C(=O)c2cc(-c3cccnc3)n[nH]2)C1. The summed E-state index contributed by atoms with van der Waals surface area (Å²) in [5, 5.41) is 14.3. The number of rotatable bonds is 4. The number of nitrogens with one attached hydrogen (secondary N) is 2. The molecule has 1 atom stereocenters. The third-order valence-electron chi connectivity index (χ3n) is 5.00. The molecule has 134 valence electrons. The largest absolute Gasteiger partial charge is 0.337 e. The minimum Gasteiger partial charge on any atom is -0.337 e. The van der Waals surface area contributed by atoms with Crippen molar-refractivity contribution in [3.63, 3.8) is 0 Å². The van der Waals surface area contributed by atoms with E-state index in [0.29, 0.717) is 11.6 Å². The number of aromatic nitrogens is 5. The number of piperidine rings is 1. The Morgan fingerprint density at radius 3 is 3.04 bits per heavy atom. The van der Waals surface area contributed by atoms with Gasteiger partial charge in [0.1, 0.15) is 5.69 Å². The number of carbonyl (C=O) groups is 1. The van der Waals surface area contributed by atoms with Gasteiger partial charge in [0.2, 0.25) is 0 Å². The second-order valence-electron chi connectivity index (χ2n) is 6.90. The summed E-state index contributed by atoms with van der Waals surface area (Å²) in [4.78, 5) is 18.9. The summed E-state index contributed by atoms with van der Waals surface area (Å²) in [7, 11) is 0. The number of aromatic amines is 2. The number of pyridine rings is 1. The summed E-state index contributed by atoms with van der Waals surface area (Å²) >= 11 is 0. The van der Waals surface area contributed by atoms with E-state index in [1.807, 2.05) is 29.3 Å². The molecule has 4 heterocycles. The predicted octanol–water partition coefficient (Wildman–Crippen LogP) is 2.60. The van der Waals surface area contributed by atoms with Crippen LogP contribution >= 0.6 is 0 Å². The van der Waals surface area contributed by atoms with E-state index in [-0.39, 0.29) is 5.91 Å². The van der Waals surface area contributed by atoms with Crippen molar-refractivity contribution < 1.29 is 4.79 Å². The van der Waals surface area contributed by atoms with E-state index >= 15 is 0 Å². The molecular formula is C19H22N6O. The van der Waals surface area contributed by atoms with Crippen LogP contribution in [0.25, 0.3) is 11.3 Å². The molecule has 3 aromatic heterocycles. The fourth-order valence-electron chi connectivity index (χ4n) is 3.55. The maximum absolute atomic E-state index is 12.9. The average Bonchev–Trinajstić information content (AvgIpc) is 3.32. The lowest BCUT2D eigenvalue weighted by molar-refractivity contribution is 0.0666. The van der Waals surface area contributed by atoms with Crippen LogP contribution < -0.4 is 0 Å². The molecule has 0 saturated carbocycles. The molecule has 0 radical (unpaired) electrons. The molecule has 26 heavy (non-hydrogen) atoms. The van der Waals surface area contributed by atoms with Crippen LogP contribution in [0, 0.1) is 12.8 Å². The molecule has 1 aliphatic rings. The van der Waals surface area contributed by atoms with Gasteiger partial charge >= 0.3 is 0 Å². The van der Waals surface area contributed by atoms with E-state index in [0.717, 1.165) is 43.6 Å². The third-order valence-corrected chi connectivity index (χ3v) is 5.00. The summed E-state index contributed by atoms with van der Waals surface area (Å²) < 4.78 is 0. The molecule has 1 unspecified atom stereocenters. The van der Waals surface area contributed by atoms with Gasteiger partial charge in [-0.15, -0.1) is 0 Å². The van der Waals surface area contributed by atoms with Crippen molar-refractivity contribution in [1.82, 2.24) is 30.3 Å². The first-order chi connectivity index (χ1) is 12.7. The van der Waals surface area contributed by atoms with Gasteiger partial charge in [-0.2, -0.15) is 10.2 Å². The van der Waals surface area contributed by atoms with E-state index in [2.05, 4.69) is 32.3 Å². The minimum atomic E-state index is 0.0127. The Bertz CT molecular complexity index is 884. The van der Waals surface area contributed by atoms with Crippen LogP contribution in [0.1, 0.15) is 34.6 Å². The quantitative estimate of drug-likeness (QED) is 0.757. The maximum Gasteiger partial charge on any atom is 0.271 e. The molecule has 4 rings (SSSR count). The summed E-state index contributed by atoms with van der Waals surface area (Å²) in [5.41, 5.74) is 4.52. The van der Waals surface area contributed by atoms with Crippen molar-refractivity contribution in [2.45, 2.75) is 26.2 Å². The van der Waals surface area contributed by atoms with Gasteiger partial charge in [0, 0.05) is 36.7 Å². The van der Waals surface area contributed by atoms with Gasteiger partial charge in [-0.1, -0.05) is 0 Å². The van der Waals surface area contributed by atoms with Gasteiger partial charge in [0.15, 0.2) is 0 Å². The highest BCUT2D eigenvalue weighted by molar-refractivity contribution is 5.93. The molecule has 0 aliphatic carbocycles. The zero-order chi connectivity index (χ0) is 17.9. The van der Waals surface area contributed by atoms with Crippen LogP contribution in [-0.4, -0.2) is 49.3 Å². The molecule has 0 aromatic carbocycles. The van der Waals surface area contributed by atoms with Crippen molar-refractivity contribution in [3.8, 4) is 11.3 Å². The van der Waals surface area contributed by atoms with Crippen molar-refractivity contribution in [2.75, 3.05) is 13.1 Å². The molecule has 1 aliphatic heterocycles. The summed E-state index contributed by atoms with van der Waals surface area (Å²) in [6.45, 7) is 3.62. The Labute approximate surface area is 151 Å². The van der Waals surface area contributed by atoms with Gasteiger partial charge in [-0.05, 0) is 55.9 Å². The van der Waals surface area contributed by atoms with Crippen molar-refractivity contribution >= 4 is 5.91 Å². The van der Waals surface area contributed by atoms with Crippen LogP contribution in [0.4, 0.5) is 0 Å². The summed E-state index contributed by atoms with van der Waals surface area (Å²) in [5.74, 6) is 0.464. The van der Waals surface area contributed by atoms with Crippen molar-refractivity contribution in [3.05, 3.63) is 53.7 Å². The van der Waals surface area contributed by atoms with Crippen LogP contribution in [0.15, 0.2) is 36.8 Å². The van der Waals surface area contributed by atoms with E-state index in [9.17, 15) is 4.79 Å². The maximum atomic E-state index is 12.9. The molecule has 1 fully saturated rings. The van der Waals surface area contributed by atoms with E-state index in [1.54, 1.807) is 12.4 Å². The highest BCUT2D eigenvalue weighted by Gasteiger charge is 2.26. The topological polar surface area (TPSA) is 90.6 Å². The van der Waals surface area contributed by atoms with Crippen LogP contribution in [0.3, 0.4) is 0 Å². The molecule has 0 spiro atoms. The third kappa shape index (κ3) is 3.37. The zero-order valence-electron chi connectivity index (χ0n) is 14.8. The molecule has 7 heteroatoms. The lowest BCUT2D eigenvalue weighted by atomic mass is 9.92. The van der Waals surface area contributed by atoms with E-state index in [1.165, 1.54) is 11.3 Å². The number of carbonyl (C=O) groups excluding carboxylic acids is 1. The Morgan fingerprint density at radius 1 is 1.35 bits per heavy atom. The summed E-state index contributed by atoms with van der Waals surface area (Å²) in [6, 6.07) is 5.60. The molecule has 7 nitrogen and oxygen atoms in total. The van der Waals surface area contributed by atoms with Gasteiger partial charge < -0.3 is 4.90 Å². The number of likely N-dealkylation sites (tertiary alicyclic amines) is 1. The average molecular weight is 350 g/mol. The number of hydrogen-bond acceptors (Lipinski definition) is 4. The van der Waals surface area contributed by atoms with Crippen LogP contribution in [0.5, 0.6) is 0 Å².